The highest BCUT2D eigenvalue weighted by Gasteiger charge is 2.13. The van der Waals surface area contributed by atoms with Crippen LogP contribution in [0, 0.1) is 0 Å². The molecule has 1 atom stereocenters. The van der Waals surface area contributed by atoms with Crippen molar-refractivity contribution in [2.24, 2.45) is 0 Å². The van der Waals surface area contributed by atoms with Crippen molar-refractivity contribution in [1.29, 1.82) is 0 Å². The zero-order valence-electron chi connectivity index (χ0n) is 28.0. The van der Waals surface area contributed by atoms with Crippen molar-refractivity contribution >= 4 is 0 Å². The summed E-state index contributed by atoms with van der Waals surface area (Å²) in [6.45, 7) is 13.8. The Morgan fingerprint density at radius 1 is 0.386 bits per heavy atom. The summed E-state index contributed by atoms with van der Waals surface area (Å²) < 4.78 is 60.7. The normalized spacial score (nSPS) is 15.3. The van der Waals surface area contributed by atoms with Gasteiger partial charge in [0.1, 0.15) is 0 Å². The molecule has 1 fully saturated rings. The highest BCUT2D eigenvalue weighted by atomic mass is 16.7. The molecule has 11 nitrogen and oxygen atoms in total. The van der Waals surface area contributed by atoms with Crippen LogP contribution in [0.15, 0.2) is 0 Å². The maximum absolute atomic E-state index is 5.62. The molecule has 1 saturated heterocycles. The summed E-state index contributed by atoms with van der Waals surface area (Å²) in [5, 5.41) is 0. The lowest BCUT2D eigenvalue weighted by Crippen LogP contribution is -2.24. The Balaban J connectivity index is 1.60. The Hall–Kier alpha value is -0.440. The van der Waals surface area contributed by atoms with Crippen molar-refractivity contribution in [3.8, 4) is 0 Å². The van der Waals surface area contributed by atoms with Crippen LogP contribution in [0.4, 0.5) is 0 Å². The molecule has 1 rings (SSSR count). The zero-order chi connectivity index (χ0) is 31.3. The van der Waals surface area contributed by atoms with Crippen molar-refractivity contribution in [3.63, 3.8) is 0 Å². The van der Waals surface area contributed by atoms with Crippen LogP contribution in [0.2, 0.25) is 0 Å². The van der Waals surface area contributed by atoms with Crippen LogP contribution < -0.4 is 0 Å². The van der Waals surface area contributed by atoms with E-state index in [4.69, 9.17) is 52.1 Å². The lowest BCUT2D eigenvalue weighted by Gasteiger charge is -2.22. The molecule has 1 heterocycles. The summed E-state index contributed by atoms with van der Waals surface area (Å²) in [5.41, 5.74) is 0. The molecule has 0 aromatic heterocycles. The number of hydrogen-bond donors (Lipinski definition) is 0. The van der Waals surface area contributed by atoms with E-state index < -0.39 is 0 Å². The summed E-state index contributed by atoms with van der Waals surface area (Å²) in [6.07, 6.45) is 13.8. The second-order valence-corrected chi connectivity index (χ2v) is 10.7. The van der Waals surface area contributed by atoms with Gasteiger partial charge in [0.25, 0.3) is 0 Å². The Morgan fingerprint density at radius 2 is 0.727 bits per heavy atom. The van der Waals surface area contributed by atoms with Gasteiger partial charge in [0.05, 0.1) is 119 Å². The second-order valence-electron chi connectivity index (χ2n) is 10.7. The minimum absolute atomic E-state index is 0.0601. The first-order valence-corrected chi connectivity index (χ1v) is 17.4. The molecule has 0 bridgehead atoms. The van der Waals surface area contributed by atoms with Gasteiger partial charge >= 0.3 is 0 Å². The number of rotatable bonds is 37. The molecule has 0 aliphatic carbocycles. The predicted molar refractivity (Wildman–Crippen MR) is 170 cm³/mol. The van der Waals surface area contributed by atoms with E-state index in [0.717, 1.165) is 32.5 Å². The number of unbranched alkanes of at least 4 members (excludes halogenated alkanes) is 7. The fourth-order valence-corrected chi connectivity index (χ4v) is 4.28. The highest BCUT2D eigenvalue weighted by Crippen LogP contribution is 2.13. The summed E-state index contributed by atoms with van der Waals surface area (Å²) in [5.74, 6) is 0. The van der Waals surface area contributed by atoms with Gasteiger partial charge in [-0.15, -0.1) is 0 Å². The third-order valence-corrected chi connectivity index (χ3v) is 6.79. The van der Waals surface area contributed by atoms with Crippen molar-refractivity contribution < 1.29 is 52.1 Å². The predicted octanol–water partition coefficient (Wildman–Crippen LogP) is 4.82. The molecule has 0 aromatic rings. The lowest BCUT2D eigenvalue weighted by atomic mass is 10.1. The van der Waals surface area contributed by atoms with Crippen molar-refractivity contribution in [3.05, 3.63) is 0 Å². The Labute approximate surface area is 268 Å². The van der Waals surface area contributed by atoms with Gasteiger partial charge in [0, 0.05) is 13.2 Å². The van der Waals surface area contributed by atoms with E-state index in [1.165, 1.54) is 51.4 Å². The standard InChI is InChI=1S/C33H66O11/c1-2-3-4-5-6-7-8-10-13-34-15-16-35-17-18-36-19-20-37-21-22-38-23-24-39-25-26-40-27-28-41-29-30-42-31-32-44-33-12-9-11-14-43-33/h33H,2-32H2,1H3. The molecule has 44 heavy (non-hydrogen) atoms. The highest BCUT2D eigenvalue weighted by molar-refractivity contribution is 4.53. The largest absolute Gasteiger partial charge is 0.379 e. The first-order valence-electron chi connectivity index (χ1n) is 17.4. The van der Waals surface area contributed by atoms with Gasteiger partial charge < -0.3 is 52.1 Å². The second kappa shape index (κ2) is 37.0. The van der Waals surface area contributed by atoms with Crippen LogP contribution in [-0.4, -0.2) is 138 Å². The molecule has 1 aliphatic rings. The van der Waals surface area contributed by atoms with Gasteiger partial charge in [-0.3, -0.25) is 0 Å². The molecular formula is C33H66O11. The van der Waals surface area contributed by atoms with Crippen LogP contribution >= 0.6 is 0 Å². The number of hydrogen-bond acceptors (Lipinski definition) is 11. The molecule has 0 spiro atoms. The summed E-state index contributed by atoms with van der Waals surface area (Å²) in [7, 11) is 0. The molecule has 1 unspecified atom stereocenters. The lowest BCUT2D eigenvalue weighted by molar-refractivity contribution is -0.169. The van der Waals surface area contributed by atoms with Crippen molar-refractivity contribution in [2.45, 2.75) is 83.8 Å². The summed E-state index contributed by atoms with van der Waals surface area (Å²) in [6, 6.07) is 0. The average molecular weight is 639 g/mol. The van der Waals surface area contributed by atoms with E-state index in [1.54, 1.807) is 0 Å². The Bertz CT molecular complexity index is 524. The monoisotopic (exact) mass is 638 g/mol. The van der Waals surface area contributed by atoms with Crippen LogP contribution in [-0.2, 0) is 52.1 Å². The van der Waals surface area contributed by atoms with Crippen LogP contribution in [0.25, 0.3) is 0 Å². The van der Waals surface area contributed by atoms with E-state index in [2.05, 4.69) is 6.92 Å². The summed E-state index contributed by atoms with van der Waals surface area (Å²) >= 11 is 0. The average Bonchev–Trinajstić information content (AvgIpc) is 3.05. The van der Waals surface area contributed by atoms with Gasteiger partial charge in [-0.05, 0) is 25.7 Å². The molecule has 1 aliphatic heterocycles. The minimum Gasteiger partial charge on any atom is -0.379 e. The van der Waals surface area contributed by atoms with Crippen molar-refractivity contribution in [1.82, 2.24) is 0 Å². The van der Waals surface area contributed by atoms with E-state index in [0.29, 0.717) is 119 Å². The fraction of sp³-hybridized carbons (Fsp3) is 1.00. The van der Waals surface area contributed by atoms with Gasteiger partial charge in [-0.1, -0.05) is 51.9 Å². The maximum Gasteiger partial charge on any atom is 0.157 e. The molecule has 0 N–H and O–H groups in total. The van der Waals surface area contributed by atoms with Crippen LogP contribution in [0.1, 0.15) is 77.6 Å². The molecule has 264 valence electrons. The van der Waals surface area contributed by atoms with Gasteiger partial charge in [0.15, 0.2) is 6.29 Å². The maximum atomic E-state index is 5.62. The van der Waals surface area contributed by atoms with Crippen LogP contribution in [0.5, 0.6) is 0 Å². The van der Waals surface area contributed by atoms with E-state index in [9.17, 15) is 0 Å². The first kappa shape index (κ1) is 41.6. The quantitative estimate of drug-likeness (QED) is 0.0876. The SMILES string of the molecule is CCCCCCCCCCOCCOCCOCCOCCOCCOCCOCCOCCOCCOC1CCCCO1. The summed E-state index contributed by atoms with van der Waals surface area (Å²) in [4.78, 5) is 0. The van der Waals surface area contributed by atoms with E-state index in [-0.39, 0.29) is 6.29 Å². The molecular weight excluding hydrogens is 572 g/mol. The van der Waals surface area contributed by atoms with Gasteiger partial charge in [0.2, 0.25) is 0 Å². The van der Waals surface area contributed by atoms with E-state index in [1.807, 2.05) is 0 Å². The third-order valence-electron chi connectivity index (χ3n) is 6.79. The van der Waals surface area contributed by atoms with Crippen LogP contribution in [0.3, 0.4) is 0 Å². The smallest absolute Gasteiger partial charge is 0.157 e. The number of ether oxygens (including phenoxy) is 11. The molecule has 0 radical (unpaired) electrons. The van der Waals surface area contributed by atoms with E-state index >= 15 is 0 Å². The molecule has 0 amide bonds. The molecule has 11 heteroatoms. The Morgan fingerprint density at radius 3 is 1.09 bits per heavy atom. The first-order chi connectivity index (χ1) is 21.9. The van der Waals surface area contributed by atoms with Gasteiger partial charge in [-0.25, -0.2) is 0 Å². The fourth-order valence-electron chi connectivity index (χ4n) is 4.28. The zero-order valence-corrected chi connectivity index (χ0v) is 28.0. The minimum atomic E-state index is -0.0601. The van der Waals surface area contributed by atoms with Gasteiger partial charge in [-0.2, -0.15) is 0 Å². The third kappa shape index (κ3) is 32.9. The van der Waals surface area contributed by atoms with Crippen molar-refractivity contribution in [2.75, 3.05) is 132 Å². The Kier molecular flexibility index (Phi) is 35.0. The topological polar surface area (TPSA) is 102 Å². The molecule has 0 saturated carbocycles. The molecule has 0 aromatic carbocycles.